The summed E-state index contributed by atoms with van der Waals surface area (Å²) in [6, 6.07) is 12.1. The number of aromatic nitrogens is 2. The normalized spacial score (nSPS) is 15.7. The van der Waals surface area contributed by atoms with E-state index in [0.717, 1.165) is 36.5 Å². The molecule has 2 aromatic heterocycles. The average Bonchev–Trinajstić information content (AvgIpc) is 3.41. The number of benzene rings is 1. The van der Waals surface area contributed by atoms with Crippen molar-refractivity contribution in [2.24, 2.45) is 5.92 Å². The second-order valence-corrected chi connectivity index (χ2v) is 8.75. The zero-order valence-corrected chi connectivity index (χ0v) is 17.6. The van der Waals surface area contributed by atoms with E-state index < -0.39 is 0 Å². The van der Waals surface area contributed by atoms with Crippen molar-refractivity contribution in [2.75, 3.05) is 18.4 Å². The zero-order chi connectivity index (χ0) is 20.2. The number of nitrogens with one attached hydrogen (secondary N) is 1. The molecule has 1 aliphatic heterocycles. The van der Waals surface area contributed by atoms with Crippen LogP contribution in [0.4, 0.5) is 5.69 Å². The molecule has 3 aromatic rings. The molecule has 0 radical (unpaired) electrons. The summed E-state index contributed by atoms with van der Waals surface area (Å²) in [6.07, 6.45) is 1.67. The SMILES string of the molecule is CC(C)c1ccc(NC(=O)C2CCN(Cc3nc(-c4cccs4)no3)CC2)cc1. The van der Waals surface area contributed by atoms with Crippen LogP contribution < -0.4 is 5.32 Å². The number of hydrogen-bond donors (Lipinski definition) is 1. The van der Waals surface area contributed by atoms with Gasteiger partial charge in [-0.2, -0.15) is 4.98 Å². The van der Waals surface area contributed by atoms with Crippen LogP contribution in [0.3, 0.4) is 0 Å². The van der Waals surface area contributed by atoms with Gasteiger partial charge in [-0.3, -0.25) is 9.69 Å². The summed E-state index contributed by atoms with van der Waals surface area (Å²) >= 11 is 1.60. The van der Waals surface area contributed by atoms with Gasteiger partial charge in [0.1, 0.15) is 0 Å². The van der Waals surface area contributed by atoms with E-state index in [0.29, 0.717) is 24.2 Å². The highest BCUT2D eigenvalue weighted by Crippen LogP contribution is 2.24. The molecule has 0 atom stereocenters. The van der Waals surface area contributed by atoms with Crippen LogP contribution >= 0.6 is 11.3 Å². The Bertz CT molecular complexity index is 926. The lowest BCUT2D eigenvalue weighted by Gasteiger charge is -2.30. The van der Waals surface area contributed by atoms with E-state index in [1.54, 1.807) is 11.3 Å². The lowest BCUT2D eigenvalue weighted by atomic mass is 9.95. The Balaban J connectivity index is 1.26. The molecule has 0 bridgehead atoms. The van der Waals surface area contributed by atoms with Gasteiger partial charge in [-0.05, 0) is 61.0 Å². The quantitative estimate of drug-likeness (QED) is 0.634. The summed E-state index contributed by atoms with van der Waals surface area (Å²) < 4.78 is 5.40. The second kappa shape index (κ2) is 8.88. The Morgan fingerprint density at radius 2 is 2.00 bits per heavy atom. The Labute approximate surface area is 174 Å². The number of piperidine rings is 1. The standard InChI is InChI=1S/C22H26N4O2S/c1-15(2)16-5-7-18(8-6-16)23-22(27)17-9-11-26(12-10-17)14-20-24-21(25-28-20)19-4-3-13-29-19/h3-8,13,15,17H,9-12,14H2,1-2H3,(H,23,27). The van der Waals surface area contributed by atoms with Gasteiger partial charge in [-0.15, -0.1) is 11.3 Å². The average molecular weight is 411 g/mol. The number of carbonyl (C=O) groups is 1. The van der Waals surface area contributed by atoms with E-state index in [2.05, 4.69) is 46.3 Å². The highest BCUT2D eigenvalue weighted by Gasteiger charge is 2.26. The molecule has 1 N–H and O–H groups in total. The second-order valence-electron chi connectivity index (χ2n) is 7.81. The molecule has 29 heavy (non-hydrogen) atoms. The molecular formula is C22H26N4O2S. The number of thiophene rings is 1. The summed E-state index contributed by atoms with van der Waals surface area (Å²) in [7, 11) is 0. The first-order chi connectivity index (χ1) is 14.1. The maximum absolute atomic E-state index is 12.6. The predicted molar refractivity (Wildman–Crippen MR) is 115 cm³/mol. The van der Waals surface area contributed by atoms with Crippen LogP contribution in [0.5, 0.6) is 0 Å². The zero-order valence-electron chi connectivity index (χ0n) is 16.8. The first-order valence-corrected chi connectivity index (χ1v) is 11.0. The van der Waals surface area contributed by atoms with Crippen molar-refractivity contribution in [3.63, 3.8) is 0 Å². The summed E-state index contributed by atoms with van der Waals surface area (Å²) in [5.41, 5.74) is 2.15. The number of nitrogens with zero attached hydrogens (tertiary/aromatic N) is 3. The fourth-order valence-corrected chi connectivity index (χ4v) is 4.21. The van der Waals surface area contributed by atoms with Gasteiger partial charge in [-0.25, -0.2) is 0 Å². The van der Waals surface area contributed by atoms with Crippen LogP contribution in [0, 0.1) is 5.92 Å². The Kier molecular flexibility index (Phi) is 6.06. The minimum absolute atomic E-state index is 0.0420. The summed E-state index contributed by atoms with van der Waals surface area (Å²) in [5.74, 6) is 1.92. The Morgan fingerprint density at radius 1 is 1.24 bits per heavy atom. The summed E-state index contributed by atoms with van der Waals surface area (Å²) in [5, 5.41) is 9.13. The summed E-state index contributed by atoms with van der Waals surface area (Å²) in [4.78, 5) is 20.4. The first kappa shape index (κ1) is 19.8. The van der Waals surface area contributed by atoms with Gasteiger partial charge in [0.2, 0.25) is 17.6 Å². The van der Waals surface area contributed by atoms with E-state index in [1.165, 1.54) is 5.56 Å². The molecule has 6 nitrogen and oxygen atoms in total. The van der Waals surface area contributed by atoms with E-state index >= 15 is 0 Å². The van der Waals surface area contributed by atoms with Crippen LogP contribution in [0.15, 0.2) is 46.3 Å². The van der Waals surface area contributed by atoms with Crippen LogP contribution in [0.25, 0.3) is 10.7 Å². The van der Waals surface area contributed by atoms with Gasteiger partial charge >= 0.3 is 0 Å². The Morgan fingerprint density at radius 3 is 2.66 bits per heavy atom. The van der Waals surface area contributed by atoms with Gasteiger partial charge in [0.25, 0.3) is 0 Å². The molecule has 0 saturated carbocycles. The number of carbonyl (C=O) groups excluding carboxylic acids is 1. The predicted octanol–water partition coefficient (Wildman–Crippen LogP) is 4.77. The molecular weight excluding hydrogens is 384 g/mol. The third-order valence-electron chi connectivity index (χ3n) is 5.37. The van der Waals surface area contributed by atoms with Gasteiger partial charge in [0.15, 0.2) is 0 Å². The Hall–Kier alpha value is -2.51. The molecule has 0 spiro atoms. The lowest BCUT2D eigenvalue weighted by molar-refractivity contribution is -0.121. The van der Waals surface area contributed by atoms with Crippen molar-refractivity contribution < 1.29 is 9.32 Å². The molecule has 0 aliphatic carbocycles. The third-order valence-corrected chi connectivity index (χ3v) is 6.24. The van der Waals surface area contributed by atoms with Crippen molar-refractivity contribution in [1.82, 2.24) is 15.0 Å². The largest absolute Gasteiger partial charge is 0.338 e. The molecule has 1 fully saturated rings. The minimum Gasteiger partial charge on any atom is -0.338 e. The van der Waals surface area contributed by atoms with Gasteiger partial charge in [0, 0.05) is 11.6 Å². The smallest absolute Gasteiger partial charge is 0.241 e. The van der Waals surface area contributed by atoms with Crippen LogP contribution in [0.1, 0.15) is 44.1 Å². The number of anilines is 1. The highest BCUT2D eigenvalue weighted by molar-refractivity contribution is 7.13. The molecule has 1 aliphatic rings. The number of rotatable bonds is 6. The molecule has 1 amide bonds. The van der Waals surface area contributed by atoms with Crippen molar-refractivity contribution >= 4 is 22.9 Å². The maximum atomic E-state index is 12.6. The summed E-state index contributed by atoms with van der Waals surface area (Å²) in [6.45, 7) is 6.66. The topological polar surface area (TPSA) is 71.3 Å². The molecule has 3 heterocycles. The van der Waals surface area contributed by atoms with Crippen LogP contribution in [-0.2, 0) is 11.3 Å². The molecule has 1 aromatic carbocycles. The fourth-order valence-electron chi connectivity index (χ4n) is 3.57. The molecule has 1 saturated heterocycles. The number of hydrogen-bond acceptors (Lipinski definition) is 6. The van der Waals surface area contributed by atoms with Crippen molar-refractivity contribution in [1.29, 1.82) is 0 Å². The van der Waals surface area contributed by atoms with Gasteiger partial charge in [0.05, 0.1) is 11.4 Å². The molecule has 152 valence electrons. The monoisotopic (exact) mass is 410 g/mol. The maximum Gasteiger partial charge on any atom is 0.241 e. The van der Waals surface area contributed by atoms with Gasteiger partial charge < -0.3 is 9.84 Å². The fraction of sp³-hybridized carbons (Fsp3) is 0.409. The lowest BCUT2D eigenvalue weighted by Crippen LogP contribution is -2.37. The number of amides is 1. The molecule has 4 rings (SSSR count). The minimum atomic E-state index is 0.0420. The number of likely N-dealkylation sites (tertiary alicyclic amines) is 1. The van der Waals surface area contributed by atoms with Gasteiger partial charge in [-0.1, -0.05) is 37.2 Å². The molecule has 7 heteroatoms. The van der Waals surface area contributed by atoms with Crippen LogP contribution in [-0.4, -0.2) is 34.0 Å². The first-order valence-electron chi connectivity index (χ1n) is 10.1. The van der Waals surface area contributed by atoms with Crippen molar-refractivity contribution in [2.45, 2.75) is 39.2 Å². The van der Waals surface area contributed by atoms with E-state index in [-0.39, 0.29) is 11.8 Å². The third kappa shape index (κ3) is 4.92. The van der Waals surface area contributed by atoms with Crippen molar-refractivity contribution in [3.05, 3.63) is 53.2 Å². The highest BCUT2D eigenvalue weighted by atomic mass is 32.1. The van der Waals surface area contributed by atoms with E-state index in [9.17, 15) is 4.79 Å². The van der Waals surface area contributed by atoms with Crippen LogP contribution in [0.2, 0.25) is 0 Å². The molecule has 0 unspecified atom stereocenters. The van der Waals surface area contributed by atoms with E-state index in [1.807, 2.05) is 29.6 Å². The van der Waals surface area contributed by atoms with E-state index in [4.69, 9.17) is 4.52 Å². The van der Waals surface area contributed by atoms with Crippen molar-refractivity contribution in [3.8, 4) is 10.7 Å².